The minimum Gasteiger partial charge on any atom is -0.445 e. The van der Waals surface area contributed by atoms with E-state index in [-0.39, 0.29) is 18.6 Å². The highest BCUT2D eigenvalue weighted by Crippen LogP contribution is 2.19. The van der Waals surface area contributed by atoms with Gasteiger partial charge in [-0.2, -0.15) is 0 Å². The summed E-state index contributed by atoms with van der Waals surface area (Å²) in [6.07, 6.45) is 1.19. The van der Waals surface area contributed by atoms with Gasteiger partial charge in [-0.1, -0.05) is 61.0 Å². The van der Waals surface area contributed by atoms with Crippen LogP contribution in [0.25, 0.3) is 0 Å². The van der Waals surface area contributed by atoms with Crippen LogP contribution in [-0.4, -0.2) is 18.5 Å². The summed E-state index contributed by atoms with van der Waals surface area (Å²) < 4.78 is 5.12. The van der Waals surface area contributed by atoms with E-state index in [0.29, 0.717) is 24.4 Å². The Kier molecular flexibility index (Phi) is 8.65. The summed E-state index contributed by atoms with van der Waals surface area (Å²) in [4.78, 5) is 23.8. The maximum absolute atomic E-state index is 12.1. The zero-order valence-corrected chi connectivity index (χ0v) is 16.2. The zero-order valence-electron chi connectivity index (χ0n) is 15.4. The standard InChI is InChI=1S/C21H25ClN2O3/c1-2-19(17-10-12-18(22)13-11-17)24-20(25)9-6-14-23-21(26)27-15-16-7-4-3-5-8-16/h3-5,7-8,10-13,19H,2,6,9,14-15H2,1H3,(H,23,26)(H,24,25). The first kappa shape index (κ1) is 20.8. The van der Waals surface area contributed by atoms with Crippen LogP contribution in [0.1, 0.15) is 43.4 Å². The third-order valence-electron chi connectivity index (χ3n) is 4.08. The second-order valence-corrected chi connectivity index (χ2v) is 6.61. The highest BCUT2D eigenvalue weighted by Gasteiger charge is 2.12. The van der Waals surface area contributed by atoms with Crippen LogP contribution in [0.3, 0.4) is 0 Å². The Bertz CT molecular complexity index is 720. The van der Waals surface area contributed by atoms with Gasteiger partial charge in [0.25, 0.3) is 0 Å². The number of halogens is 1. The molecule has 0 aliphatic rings. The molecule has 0 aliphatic heterocycles. The predicted molar refractivity (Wildman–Crippen MR) is 106 cm³/mol. The second-order valence-electron chi connectivity index (χ2n) is 6.17. The lowest BCUT2D eigenvalue weighted by atomic mass is 10.0. The fourth-order valence-electron chi connectivity index (χ4n) is 2.60. The van der Waals surface area contributed by atoms with E-state index < -0.39 is 6.09 Å². The number of hydrogen-bond donors (Lipinski definition) is 2. The summed E-state index contributed by atoms with van der Waals surface area (Å²) >= 11 is 5.90. The minimum atomic E-state index is -0.480. The van der Waals surface area contributed by atoms with E-state index in [1.54, 1.807) is 0 Å². The van der Waals surface area contributed by atoms with Crippen LogP contribution < -0.4 is 10.6 Å². The first-order chi connectivity index (χ1) is 13.1. The second kappa shape index (κ2) is 11.2. The molecule has 144 valence electrons. The Morgan fingerprint density at radius 1 is 1.07 bits per heavy atom. The van der Waals surface area contributed by atoms with Gasteiger partial charge >= 0.3 is 6.09 Å². The summed E-state index contributed by atoms with van der Waals surface area (Å²) in [5.41, 5.74) is 1.96. The Morgan fingerprint density at radius 3 is 2.44 bits per heavy atom. The maximum atomic E-state index is 12.1. The fraction of sp³-hybridized carbons (Fsp3) is 0.333. The summed E-state index contributed by atoms with van der Waals surface area (Å²) in [6, 6.07) is 16.9. The van der Waals surface area contributed by atoms with E-state index in [9.17, 15) is 9.59 Å². The van der Waals surface area contributed by atoms with Gasteiger partial charge in [0.1, 0.15) is 6.61 Å². The lowest BCUT2D eigenvalue weighted by Crippen LogP contribution is -2.30. The molecule has 0 spiro atoms. The normalized spacial score (nSPS) is 11.5. The molecule has 0 radical (unpaired) electrons. The maximum Gasteiger partial charge on any atom is 0.407 e. The molecule has 6 heteroatoms. The molecular weight excluding hydrogens is 364 g/mol. The van der Waals surface area contributed by atoms with Crippen molar-refractivity contribution >= 4 is 23.6 Å². The van der Waals surface area contributed by atoms with Gasteiger partial charge in [-0.15, -0.1) is 0 Å². The molecule has 5 nitrogen and oxygen atoms in total. The van der Waals surface area contributed by atoms with Gasteiger partial charge in [0.05, 0.1) is 6.04 Å². The molecule has 0 heterocycles. The van der Waals surface area contributed by atoms with Crippen molar-refractivity contribution in [1.29, 1.82) is 0 Å². The summed E-state index contributed by atoms with van der Waals surface area (Å²) in [7, 11) is 0. The summed E-state index contributed by atoms with van der Waals surface area (Å²) in [6.45, 7) is 2.63. The van der Waals surface area contributed by atoms with Crippen molar-refractivity contribution in [2.75, 3.05) is 6.54 Å². The van der Waals surface area contributed by atoms with Crippen LogP contribution in [-0.2, 0) is 16.1 Å². The Labute approximate surface area is 165 Å². The van der Waals surface area contributed by atoms with Crippen LogP contribution in [0.4, 0.5) is 4.79 Å². The van der Waals surface area contributed by atoms with Gasteiger partial charge in [0, 0.05) is 18.0 Å². The van der Waals surface area contributed by atoms with Gasteiger partial charge in [-0.3, -0.25) is 4.79 Å². The molecule has 2 aromatic rings. The molecule has 0 saturated carbocycles. The van der Waals surface area contributed by atoms with Gasteiger partial charge in [-0.05, 0) is 36.1 Å². The molecule has 0 saturated heterocycles. The average molecular weight is 389 g/mol. The van der Waals surface area contributed by atoms with Gasteiger partial charge < -0.3 is 15.4 Å². The number of hydrogen-bond acceptors (Lipinski definition) is 3. The third kappa shape index (κ3) is 7.71. The topological polar surface area (TPSA) is 67.4 Å². The van der Waals surface area contributed by atoms with Gasteiger partial charge in [0.2, 0.25) is 5.91 Å². The molecule has 2 amide bonds. The van der Waals surface area contributed by atoms with Crippen LogP contribution >= 0.6 is 11.6 Å². The quantitative estimate of drug-likeness (QED) is 0.616. The van der Waals surface area contributed by atoms with Crippen molar-refractivity contribution in [3.8, 4) is 0 Å². The number of ether oxygens (including phenoxy) is 1. The van der Waals surface area contributed by atoms with Gasteiger partial charge in [0.15, 0.2) is 0 Å². The van der Waals surface area contributed by atoms with Crippen molar-refractivity contribution in [3.05, 3.63) is 70.7 Å². The largest absolute Gasteiger partial charge is 0.445 e. The van der Waals surface area contributed by atoms with E-state index in [1.807, 2.05) is 61.5 Å². The van der Waals surface area contributed by atoms with Crippen LogP contribution in [0.2, 0.25) is 5.02 Å². The molecule has 1 atom stereocenters. The van der Waals surface area contributed by atoms with Gasteiger partial charge in [-0.25, -0.2) is 4.79 Å². The van der Waals surface area contributed by atoms with E-state index in [2.05, 4.69) is 10.6 Å². The number of alkyl carbamates (subject to hydrolysis) is 1. The fourth-order valence-corrected chi connectivity index (χ4v) is 2.72. The summed E-state index contributed by atoms with van der Waals surface area (Å²) in [5, 5.41) is 6.34. The summed E-state index contributed by atoms with van der Waals surface area (Å²) in [5.74, 6) is -0.0451. The molecule has 27 heavy (non-hydrogen) atoms. The number of benzene rings is 2. The molecule has 0 aliphatic carbocycles. The van der Waals surface area contributed by atoms with Crippen LogP contribution in [0.15, 0.2) is 54.6 Å². The van der Waals surface area contributed by atoms with Crippen LogP contribution in [0.5, 0.6) is 0 Å². The van der Waals surface area contributed by atoms with Crippen LogP contribution in [0, 0.1) is 0 Å². The number of carbonyl (C=O) groups is 2. The lowest BCUT2D eigenvalue weighted by molar-refractivity contribution is -0.122. The van der Waals surface area contributed by atoms with E-state index in [4.69, 9.17) is 16.3 Å². The predicted octanol–water partition coefficient (Wildman–Crippen LogP) is 4.61. The molecular formula is C21H25ClN2O3. The Hall–Kier alpha value is -2.53. The van der Waals surface area contributed by atoms with Crippen molar-refractivity contribution < 1.29 is 14.3 Å². The monoisotopic (exact) mass is 388 g/mol. The Balaban J connectivity index is 1.63. The molecule has 0 bridgehead atoms. The number of carbonyl (C=O) groups excluding carboxylic acids is 2. The number of nitrogens with one attached hydrogen (secondary N) is 2. The zero-order chi connectivity index (χ0) is 19.5. The van der Waals surface area contributed by atoms with E-state index in [0.717, 1.165) is 17.5 Å². The molecule has 2 rings (SSSR count). The van der Waals surface area contributed by atoms with E-state index >= 15 is 0 Å². The third-order valence-corrected chi connectivity index (χ3v) is 4.33. The van der Waals surface area contributed by atoms with Crippen molar-refractivity contribution in [2.45, 2.75) is 38.8 Å². The average Bonchev–Trinajstić information content (AvgIpc) is 2.69. The number of amides is 2. The minimum absolute atomic E-state index is 0.0430. The highest BCUT2D eigenvalue weighted by atomic mass is 35.5. The van der Waals surface area contributed by atoms with Crippen molar-refractivity contribution in [3.63, 3.8) is 0 Å². The molecule has 2 N–H and O–H groups in total. The molecule has 1 unspecified atom stereocenters. The first-order valence-corrected chi connectivity index (χ1v) is 9.45. The van der Waals surface area contributed by atoms with E-state index in [1.165, 1.54) is 0 Å². The molecule has 0 fully saturated rings. The lowest BCUT2D eigenvalue weighted by Gasteiger charge is -2.17. The Morgan fingerprint density at radius 2 is 1.78 bits per heavy atom. The first-order valence-electron chi connectivity index (χ1n) is 9.08. The smallest absolute Gasteiger partial charge is 0.407 e. The SMILES string of the molecule is CCC(NC(=O)CCCNC(=O)OCc1ccccc1)c1ccc(Cl)cc1. The van der Waals surface area contributed by atoms with Crippen molar-refractivity contribution in [2.24, 2.45) is 0 Å². The number of rotatable bonds is 9. The molecule has 2 aromatic carbocycles. The molecule has 0 aromatic heterocycles. The van der Waals surface area contributed by atoms with Crippen molar-refractivity contribution in [1.82, 2.24) is 10.6 Å². The highest BCUT2D eigenvalue weighted by molar-refractivity contribution is 6.30.